The first-order chi connectivity index (χ1) is 9.20. The molecule has 0 saturated heterocycles. The van der Waals surface area contributed by atoms with Crippen LogP contribution in [0.5, 0.6) is 0 Å². The Hall–Kier alpha value is -1.55. The molecule has 1 N–H and O–H groups in total. The van der Waals surface area contributed by atoms with Gasteiger partial charge in [-0.1, -0.05) is 18.2 Å². The highest BCUT2D eigenvalue weighted by atomic mass is 16.6. The summed E-state index contributed by atoms with van der Waals surface area (Å²) in [6.07, 6.45) is 0.549. The Labute approximate surface area is 114 Å². The zero-order valence-electron chi connectivity index (χ0n) is 11.5. The Kier molecular flexibility index (Phi) is 4.80. The fourth-order valence-electron chi connectivity index (χ4n) is 2.22. The second-order valence-corrected chi connectivity index (χ2v) is 4.85. The first-order valence-corrected chi connectivity index (χ1v) is 6.80. The normalized spacial score (nSPS) is 19.2. The number of fused-ring (bicyclic) bond motifs is 1. The maximum Gasteiger partial charge on any atom is 0.311 e. The highest BCUT2D eigenvalue weighted by Gasteiger charge is 2.26. The number of anilines is 1. The van der Waals surface area contributed by atoms with Crippen molar-refractivity contribution in [2.75, 3.05) is 25.1 Å². The molecule has 1 aromatic carbocycles. The summed E-state index contributed by atoms with van der Waals surface area (Å²) in [6.45, 7) is 5.52. The summed E-state index contributed by atoms with van der Waals surface area (Å²) in [7, 11) is 0. The lowest BCUT2D eigenvalue weighted by atomic mass is 9.94. The van der Waals surface area contributed by atoms with E-state index in [1.807, 2.05) is 38.1 Å². The molecule has 1 aliphatic heterocycles. The highest BCUT2D eigenvalue weighted by Crippen LogP contribution is 2.25. The van der Waals surface area contributed by atoms with Crippen molar-refractivity contribution in [2.24, 2.45) is 5.92 Å². The summed E-state index contributed by atoms with van der Waals surface area (Å²) >= 11 is 0. The van der Waals surface area contributed by atoms with Crippen molar-refractivity contribution in [1.29, 1.82) is 0 Å². The van der Waals surface area contributed by atoms with E-state index in [0.29, 0.717) is 19.8 Å². The maximum absolute atomic E-state index is 12.1. The number of carbonyl (C=O) groups is 1. The second kappa shape index (κ2) is 6.57. The average molecular weight is 263 g/mol. The third-order valence-electron chi connectivity index (χ3n) is 3.23. The van der Waals surface area contributed by atoms with Gasteiger partial charge in [-0.15, -0.1) is 0 Å². The number of hydrogen-bond donors (Lipinski definition) is 1. The zero-order valence-corrected chi connectivity index (χ0v) is 11.5. The SMILES string of the molecule is CCOCC(C)OC(=O)C1CNc2ccccc2C1. The van der Waals surface area contributed by atoms with Gasteiger partial charge in [0.15, 0.2) is 0 Å². The first kappa shape index (κ1) is 13.9. The van der Waals surface area contributed by atoms with Crippen molar-refractivity contribution >= 4 is 11.7 Å². The quantitative estimate of drug-likeness (QED) is 0.828. The van der Waals surface area contributed by atoms with E-state index in [1.54, 1.807) is 0 Å². The number of ether oxygens (including phenoxy) is 2. The van der Waals surface area contributed by atoms with E-state index < -0.39 is 0 Å². The lowest BCUT2D eigenvalue weighted by molar-refractivity contribution is -0.155. The van der Waals surface area contributed by atoms with Gasteiger partial charge in [0.05, 0.1) is 12.5 Å². The zero-order chi connectivity index (χ0) is 13.7. The van der Waals surface area contributed by atoms with E-state index in [9.17, 15) is 4.79 Å². The first-order valence-electron chi connectivity index (χ1n) is 6.80. The molecular weight excluding hydrogens is 242 g/mol. The monoisotopic (exact) mass is 263 g/mol. The molecule has 0 bridgehead atoms. The number of esters is 1. The van der Waals surface area contributed by atoms with Gasteiger partial charge < -0.3 is 14.8 Å². The molecule has 0 aliphatic carbocycles. The second-order valence-electron chi connectivity index (χ2n) is 4.85. The molecule has 1 aromatic rings. The van der Waals surface area contributed by atoms with Crippen molar-refractivity contribution in [3.05, 3.63) is 29.8 Å². The molecule has 19 heavy (non-hydrogen) atoms. The summed E-state index contributed by atoms with van der Waals surface area (Å²) in [4.78, 5) is 12.1. The summed E-state index contributed by atoms with van der Waals surface area (Å²) < 4.78 is 10.6. The van der Waals surface area contributed by atoms with E-state index in [1.165, 1.54) is 5.56 Å². The van der Waals surface area contributed by atoms with Crippen molar-refractivity contribution in [3.8, 4) is 0 Å². The van der Waals surface area contributed by atoms with Gasteiger partial charge >= 0.3 is 5.97 Å². The van der Waals surface area contributed by atoms with E-state index in [0.717, 1.165) is 12.1 Å². The van der Waals surface area contributed by atoms with Crippen LogP contribution in [0.4, 0.5) is 5.69 Å². The lowest BCUT2D eigenvalue weighted by Gasteiger charge is -2.26. The summed E-state index contributed by atoms with van der Waals surface area (Å²) in [5.74, 6) is -0.256. The van der Waals surface area contributed by atoms with Gasteiger partial charge in [0.1, 0.15) is 6.10 Å². The largest absolute Gasteiger partial charge is 0.460 e. The smallest absolute Gasteiger partial charge is 0.311 e. The molecule has 2 atom stereocenters. The number of hydrogen-bond acceptors (Lipinski definition) is 4. The van der Waals surface area contributed by atoms with Crippen LogP contribution in [0.2, 0.25) is 0 Å². The molecule has 0 saturated carbocycles. The van der Waals surface area contributed by atoms with Gasteiger partial charge in [-0.3, -0.25) is 4.79 Å². The molecule has 0 radical (unpaired) electrons. The van der Waals surface area contributed by atoms with Crippen LogP contribution in [-0.2, 0) is 20.7 Å². The minimum atomic E-state index is -0.190. The van der Waals surface area contributed by atoms with E-state index in [2.05, 4.69) is 5.32 Å². The van der Waals surface area contributed by atoms with Crippen LogP contribution in [0.1, 0.15) is 19.4 Å². The van der Waals surface area contributed by atoms with Crippen molar-refractivity contribution in [3.63, 3.8) is 0 Å². The Morgan fingerprint density at radius 2 is 2.26 bits per heavy atom. The molecule has 4 heteroatoms. The Balaban J connectivity index is 1.88. The third-order valence-corrected chi connectivity index (χ3v) is 3.23. The number of para-hydroxylation sites is 1. The molecule has 0 fully saturated rings. The van der Waals surface area contributed by atoms with E-state index in [-0.39, 0.29) is 18.0 Å². The summed E-state index contributed by atoms with van der Waals surface area (Å²) in [6, 6.07) is 8.07. The van der Waals surface area contributed by atoms with E-state index >= 15 is 0 Å². The van der Waals surface area contributed by atoms with Crippen molar-refractivity contribution in [2.45, 2.75) is 26.4 Å². The molecular formula is C15H21NO3. The molecule has 4 nitrogen and oxygen atoms in total. The topological polar surface area (TPSA) is 47.6 Å². The third kappa shape index (κ3) is 3.70. The Morgan fingerprint density at radius 1 is 1.47 bits per heavy atom. The van der Waals surface area contributed by atoms with Crippen LogP contribution in [0.15, 0.2) is 24.3 Å². The van der Waals surface area contributed by atoms with Gasteiger partial charge in [-0.05, 0) is 31.9 Å². The maximum atomic E-state index is 12.1. The molecule has 1 aliphatic rings. The fraction of sp³-hybridized carbons (Fsp3) is 0.533. The minimum Gasteiger partial charge on any atom is -0.460 e. The summed E-state index contributed by atoms with van der Waals surface area (Å²) in [5, 5.41) is 3.28. The molecule has 1 heterocycles. The highest BCUT2D eigenvalue weighted by molar-refractivity contribution is 5.75. The van der Waals surface area contributed by atoms with E-state index in [4.69, 9.17) is 9.47 Å². The molecule has 0 amide bonds. The Morgan fingerprint density at radius 3 is 3.05 bits per heavy atom. The standard InChI is InChI=1S/C15H21NO3/c1-3-18-10-11(2)19-15(17)13-8-12-6-4-5-7-14(12)16-9-13/h4-7,11,13,16H,3,8-10H2,1-2H3. The van der Waals surface area contributed by atoms with Crippen LogP contribution in [-0.4, -0.2) is 31.8 Å². The number of benzene rings is 1. The molecule has 104 valence electrons. The lowest BCUT2D eigenvalue weighted by Crippen LogP contribution is -2.33. The van der Waals surface area contributed by atoms with Gasteiger partial charge in [0.2, 0.25) is 0 Å². The molecule has 2 rings (SSSR count). The molecule has 0 spiro atoms. The average Bonchev–Trinajstić information content (AvgIpc) is 2.44. The molecule has 2 unspecified atom stereocenters. The van der Waals surface area contributed by atoms with Gasteiger partial charge in [0.25, 0.3) is 0 Å². The number of nitrogens with one attached hydrogen (secondary N) is 1. The van der Waals surface area contributed by atoms with Crippen LogP contribution < -0.4 is 5.32 Å². The van der Waals surface area contributed by atoms with Gasteiger partial charge in [-0.2, -0.15) is 0 Å². The predicted octanol–water partition coefficient (Wildman–Crippen LogP) is 2.24. The Bertz CT molecular complexity index is 433. The van der Waals surface area contributed by atoms with Crippen LogP contribution >= 0.6 is 0 Å². The number of carbonyl (C=O) groups excluding carboxylic acids is 1. The number of rotatable bonds is 5. The minimum absolute atomic E-state index is 0.112. The van der Waals surface area contributed by atoms with Crippen molar-refractivity contribution < 1.29 is 14.3 Å². The van der Waals surface area contributed by atoms with Crippen LogP contribution in [0.25, 0.3) is 0 Å². The van der Waals surface area contributed by atoms with Crippen LogP contribution in [0.3, 0.4) is 0 Å². The van der Waals surface area contributed by atoms with Gasteiger partial charge in [-0.25, -0.2) is 0 Å². The van der Waals surface area contributed by atoms with Crippen LogP contribution in [0, 0.1) is 5.92 Å². The summed E-state index contributed by atoms with van der Waals surface area (Å²) in [5.41, 5.74) is 2.29. The predicted molar refractivity (Wildman–Crippen MR) is 74.2 cm³/mol. The van der Waals surface area contributed by atoms with Gasteiger partial charge in [0, 0.05) is 18.8 Å². The van der Waals surface area contributed by atoms with Crippen molar-refractivity contribution in [1.82, 2.24) is 0 Å². The fourth-order valence-corrected chi connectivity index (χ4v) is 2.22. The molecule has 0 aromatic heterocycles.